The van der Waals surface area contributed by atoms with Gasteiger partial charge >= 0.3 is 0 Å². The van der Waals surface area contributed by atoms with Crippen molar-refractivity contribution in [3.05, 3.63) is 29.8 Å². The van der Waals surface area contributed by atoms with Crippen molar-refractivity contribution in [2.45, 2.75) is 38.6 Å². The van der Waals surface area contributed by atoms with Gasteiger partial charge in [-0.1, -0.05) is 18.2 Å². The molecule has 2 N–H and O–H groups in total. The maximum Gasteiger partial charge on any atom is 0.220 e. The molecule has 0 bridgehead atoms. The SMILES string of the molecule is COc1ccccc1C(C)(C)NC(=O)CCC1CCNC1.Cl. The normalized spacial score (nSPS) is 17.7. The Kier molecular flexibility index (Phi) is 7.17. The summed E-state index contributed by atoms with van der Waals surface area (Å²) in [5.41, 5.74) is 0.570. The molecule has 0 saturated carbocycles. The van der Waals surface area contributed by atoms with E-state index in [-0.39, 0.29) is 18.3 Å². The summed E-state index contributed by atoms with van der Waals surface area (Å²) in [6, 6.07) is 7.83. The smallest absolute Gasteiger partial charge is 0.220 e. The Bertz CT molecular complexity index is 485. The van der Waals surface area contributed by atoms with Gasteiger partial charge in [-0.05, 0) is 51.8 Å². The molecule has 22 heavy (non-hydrogen) atoms. The molecule has 2 rings (SSSR count). The minimum Gasteiger partial charge on any atom is -0.496 e. The lowest BCUT2D eigenvalue weighted by atomic mass is 9.92. The number of methoxy groups -OCH3 is 1. The molecule has 1 aliphatic heterocycles. The van der Waals surface area contributed by atoms with Crippen molar-refractivity contribution in [2.24, 2.45) is 5.92 Å². The predicted octanol–water partition coefficient (Wildman–Crippen LogP) is 2.86. The fourth-order valence-corrected chi connectivity index (χ4v) is 2.94. The topological polar surface area (TPSA) is 50.4 Å². The summed E-state index contributed by atoms with van der Waals surface area (Å²) in [6.07, 6.45) is 2.73. The van der Waals surface area contributed by atoms with Gasteiger partial charge in [0.05, 0.1) is 12.6 Å². The van der Waals surface area contributed by atoms with Crippen LogP contribution in [0.25, 0.3) is 0 Å². The van der Waals surface area contributed by atoms with E-state index in [9.17, 15) is 4.79 Å². The second-order valence-corrected chi connectivity index (χ2v) is 6.27. The lowest BCUT2D eigenvalue weighted by Crippen LogP contribution is -2.41. The molecule has 1 unspecified atom stereocenters. The van der Waals surface area contributed by atoms with E-state index in [1.165, 1.54) is 6.42 Å². The molecular weight excluding hydrogens is 300 g/mol. The van der Waals surface area contributed by atoms with Crippen LogP contribution in [0, 0.1) is 5.92 Å². The summed E-state index contributed by atoms with van der Waals surface area (Å²) in [4.78, 5) is 12.2. The first-order valence-electron chi connectivity index (χ1n) is 7.68. The minimum absolute atomic E-state index is 0. The van der Waals surface area contributed by atoms with Crippen molar-refractivity contribution in [1.82, 2.24) is 10.6 Å². The summed E-state index contributed by atoms with van der Waals surface area (Å²) in [6.45, 7) is 6.15. The summed E-state index contributed by atoms with van der Waals surface area (Å²) in [5.74, 6) is 1.56. The van der Waals surface area contributed by atoms with E-state index < -0.39 is 5.54 Å². The second kappa shape index (κ2) is 8.39. The first-order valence-corrected chi connectivity index (χ1v) is 7.68. The number of ether oxygens (including phenoxy) is 1. The van der Waals surface area contributed by atoms with Gasteiger partial charge in [0.25, 0.3) is 0 Å². The highest BCUT2D eigenvalue weighted by atomic mass is 35.5. The van der Waals surface area contributed by atoms with Crippen molar-refractivity contribution in [1.29, 1.82) is 0 Å². The molecule has 0 spiro atoms. The van der Waals surface area contributed by atoms with E-state index >= 15 is 0 Å². The maximum atomic E-state index is 12.2. The zero-order valence-corrected chi connectivity index (χ0v) is 14.5. The van der Waals surface area contributed by atoms with Crippen LogP contribution in [-0.2, 0) is 10.3 Å². The molecule has 1 fully saturated rings. The zero-order chi connectivity index (χ0) is 15.3. The van der Waals surface area contributed by atoms with Gasteiger partial charge in [0.15, 0.2) is 0 Å². The summed E-state index contributed by atoms with van der Waals surface area (Å²) < 4.78 is 5.39. The van der Waals surface area contributed by atoms with Gasteiger partial charge in [0.1, 0.15) is 5.75 Å². The summed E-state index contributed by atoms with van der Waals surface area (Å²) in [7, 11) is 1.66. The molecule has 1 aromatic carbocycles. The van der Waals surface area contributed by atoms with Gasteiger partial charge in [0, 0.05) is 12.0 Å². The highest BCUT2D eigenvalue weighted by Gasteiger charge is 2.26. The number of hydrogen-bond acceptors (Lipinski definition) is 3. The Morgan fingerprint density at radius 3 is 2.77 bits per heavy atom. The summed E-state index contributed by atoms with van der Waals surface area (Å²) in [5, 5.41) is 6.47. The number of carbonyl (C=O) groups is 1. The predicted molar refractivity (Wildman–Crippen MR) is 91.6 cm³/mol. The van der Waals surface area contributed by atoms with Crippen LogP contribution in [0.1, 0.15) is 38.7 Å². The van der Waals surface area contributed by atoms with E-state index in [0.717, 1.165) is 30.8 Å². The third-order valence-corrected chi connectivity index (χ3v) is 4.17. The van der Waals surface area contributed by atoms with Crippen molar-refractivity contribution in [3.63, 3.8) is 0 Å². The number of carbonyl (C=O) groups excluding carboxylic acids is 1. The van der Waals surface area contributed by atoms with Crippen LogP contribution in [0.5, 0.6) is 5.75 Å². The van der Waals surface area contributed by atoms with Crippen molar-refractivity contribution in [2.75, 3.05) is 20.2 Å². The van der Waals surface area contributed by atoms with E-state index in [1.54, 1.807) is 7.11 Å². The monoisotopic (exact) mass is 326 g/mol. The van der Waals surface area contributed by atoms with Crippen LogP contribution in [0.15, 0.2) is 24.3 Å². The minimum atomic E-state index is -0.433. The molecule has 0 aliphatic carbocycles. The van der Waals surface area contributed by atoms with Crippen molar-refractivity contribution in [3.8, 4) is 5.75 Å². The molecule has 0 radical (unpaired) electrons. The quantitative estimate of drug-likeness (QED) is 0.845. The van der Waals surface area contributed by atoms with Gasteiger partial charge in [-0.15, -0.1) is 12.4 Å². The first kappa shape index (κ1) is 18.8. The fraction of sp³-hybridized carbons (Fsp3) is 0.588. The van der Waals surface area contributed by atoms with Crippen LogP contribution in [0.3, 0.4) is 0 Å². The van der Waals surface area contributed by atoms with Crippen LogP contribution in [0.4, 0.5) is 0 Å². The molecule has 1 heterocycles. The molecule has 1 amide bonds. The van der Waals surface area contributed by atoms with Crippen LogP contribution in [0.2, 0.25) is 0 Å². The number of benzene rings is 1. The Hall–Kier alpha value is -1.26. The van der Waals surface area contributed by atoms with Crippen molar-refractivity contribution >= 4 is 18.3 Å². The number of amides is 1. The largest absolute Gasteiger partial charge is 0.496 e. The molecule has 1 aliphatic rings. The Morgan fingerprint density at radius 1 is 1.41 bits per heavy atom. The number of rotatable bonds is 6. The number of nitrogens with one attached hydrogen (secondary N) is 2. The summed E-state index contributed by atoms with van der Waals surface area (Å²) >= 11 is 0. The number of para-hydroxylation sites is 1. The van der Waals surface area contributed by atoms with Crippen molar-refractivity contribution < 1.29 is 9.53 Å². The van der Waals surface area contributed by atoms with Crippen LogP contribution < -0.4 is 15.4 Å². The molecular formula is C17H27ClN2O2. The number of hydrogen-bond donors (Lipinski definition) is 2. The first-order chi connectivity index (χ1) is 10.0. The van der Waals surface area contributed by atoms with Gasteiger partial charge in [0.2, 0.25) is 5.91 Å². The fourth-order valence-electron chi connectivity index (χ4n) is 2.94. The average molecular weight is 327 g/mol. The highest BCUT2D eigenvalue weighted by molar-refractivity contribution is 5.85. The van der Waals surface area contributed by atoms with Crippen LogP contribution >= 0.6 is 12.4 Å². The molecule has 5 heteroatoms. The van der Waals surface area contributed by atoms with E-state index in [4.69, 9.17) is 4.74 Å². The Morgan fingerprint density at radius 2 is 2.14 bits per heavy atom. The second-order valence-electron chi connectivity index (χ2n) is 6.27. The van der Waals surface area contributed by atoms with Gasteiger partial charge in [-0.25, -0.2) is 0 Å². The standard InChI is InChI=1S/C17H26N2O2.ClH/c1-17(2,14-6-4-5-7-15(14)21-3)19-16(20)9-8-13-10-11-18-12-13;/h4-7,13,18H,8-12H2,1-3H3,(H,19,20);1H. The highest BCUT2D eigenvalue weighted by Crippen LogP contribution is 2.29. The Balaban J connectivity index is 0.00000242. The molecule has 1 saturated heterocycles. The van der Waals surface area contributed by atoms with Gasteiger partial charge in [-0.3, -0.25) is 4.79 Å². The molecule has 124 valence electrons. The molecule has 1 aromatic rings. The van der Waals surface area contributed by atoms with Crippen LogP contribution in [-0.4, -0.2) is 26.1 Å². The lowest BCUT2D eigenvalue weighted by Gasteiger charge is -2.28. The lowest BCUT2D eigenvalue weighted by molar-refractivity contribution is -0.123. The Labute approximate surface area is 139 Å². The average Bonchev–Trinajstić information content (AvgIpc) is 2.98. The maximum absolute atomic E-state index is 12.2. The zero-order valence-electron chi connectivity index (χ0n) is 13.6. The van der Waals surface area contributed by atoms with E-state index in [2.05, 4.69) is 10.6 Å². The third kappa shape index (κ3) is 4.89. The van der Waals surface area contributed by atoms with Gasteiger partial charge < -0.3 is 15.4 Å². The molecule has 4 nitrogen and oxygen atoms in total. The molecule has 1 atom stereocenters. The van der Waals surface area contributed by atoms with Gasteiger partial charge in [-0.2, -0.15) is 0 Å². The third-order valence-electron chi connectivity index (χ3n) is 4.17. The van der Waals surface area contributed by atoms with E-state index in [0.29, 0.717) is 12.3 Å². The number of halogens is 1. The molecule has 0 aromatic heterocycles. The van der Waals surface area contributed by atoms with E-state index in [1.807, 2.05) is 38.1 Å².